The first-order valence-corrected chi connectivity index (χ1v) is 12.9. The van der Waals surface area contributed by atoms with Crippen LogP contribution in [0.5, 0.6) is 0 Å². The van der Waals surface area contributed by atoms with Crippen LogP contribution in [0.25, 0.3) is 0 Å². The van der Waals surface area contributed by atoms with Crippen LogP contribution in [0.4, 0.5) is 17.8 Å². The van der Waals surface area contributed by atoms with Gasteiger partial charge in [0.2, 0.25) is 11.9 Å². The molecule has 3 fully saturated rings. The standard InChI is InChI=1S/C25H34N6O2/c32-23(30-13-4-1-5-14-30)20-12-7-15-31(20)24-27-19-11-6-10-18(19)22(28-24)29-25-26-16-21(33-25)17-8-2-3-9-17/h16-17,20H,1-15H2,(H,26,27,28,29)/t20-/m0/s1. The van der Waals surface area contributed by atoms with Crippen LogP contribution in [0, 0.1) is 0 Å². The normalized spacial score (nSPS) is 23.3. The van der Waals surface area contributed by atoms with E-state index in [1.165, 1.54) is 32.1 Å². The van der Waals surface area contributed by atoms with Gasteiger partial charge in [-0.25, -0.2) is 9.97 Å². The molecule has 8 heteroatoms. The van der Waals surface area contributed by atoms with Gasteiger partial charge in [-0.3, -0.25) is 10.1 Å². The fourth-order valence-electron chi connectivity index (χ4n) is 6.08. The first-order chi connectivity index (χ1) is 16.3. The van der Waals surface area contributed by atoms with E-state index in [1.54, 1.807) is 0 Å². The second-order valence-electron chi connectivity index (χ2n) is 10.1. The van der Waals surface area contributed by atoms with E-state index in [-0.39, 0.29) is 11.9 Å². The molecule has 33 heavy (non-hydrogen) atoms. The van der Waals surface area contributed by atoms with Gasteiger partial charge in [-0.15, -0.1) is 0 Å². The van der Waals surface area contributed by atoms with Gasteiger partial charge in [0.15, 0.2) is 0 Å². The molecule has 8 nitrogen and oxygen atoms in total. The molecule has 0 radical (unpaired) electrons. The second-order valence-corrected chi connectivity index (χ2v) is 10.1. The van der Waals surface area contributed by atoms with E-state index in [0.29, 0.717) is 17.9 Å². The number of oxazole rings is 1. The number of hydrogen-bond donors (Lipinski definition) is 1. The van der Waals surface area contributed by atoms with E-state index in [0.717, 1.165) is 87.4 Å². The monoisotopic (exact) mass is 450 g/mol. The van der Waals surface area contributed by atoms with Gasteiger partial charge in [-0.05, 0) is 64.2 Å². The van der Waals surface area contributed by atoms with Crippen LogP contribution in [0.15, 0.2) is 10.6 Å². The average molecular weight is 451 g/mol. The maximum absolute atomic E-state index is 13.3. The molecular weight excluding hydrogens is 416 g/mol. The van der Waals surface area contributed by atoms with Crippen molar-refractivity contribution in [3.63, 3.8) is 0 Å². The molecule has 6 rings (SSSR count). The highest BCUT2D eigenvalue weighted by Crippen LogP contribution is 2.37. The Morgan fingerprint density at radius 3 is 2.64 bits per heavy atom. The Balaban J connectivity index is 1.25. The van der Waals surface area contributed by atoms with Crippen molar-refractivity contribution in [2.24, 2.45) is 0 Å². The predicted molar refractivity (Wildman–Crippen MR) is 126 cm³/mol. The van der Waals surface area contributed by atoms with E-state index in [2.05, 4.69) is 20.1 Å². The van der Waals surface area contributed by atoms with Crippen LogP contribution in [0.2, 0.25) is 0 Å². The third kappa shape index (κ3) is 4.08. The van der Waals surface area contributed by atoms with Crippen molar-refractivity contribution in [2.75, 3.05) is 29.9 Å². The number of rotatable bonds is 5. The Morgan fingerprint density at radius 2 is 1.79 bits per heavy atom. The zero-order chi connectivity index (χ0) is 22.2. The van der Waals surface area contributed by atoms with Gasteiger partial charge in [0, 0.05) is 31.1 Å². The molecule has 2 saturated heterocycles. The molecule has 2 aliphatic carbocycles. The third-order valence-electron chi connectivity index (χ3n) is 7.89. The predicted octanol–water partition coefficient (Wildman–Crippen LogP) is 4.34. The summed E-state index contributed by atoms with van der Waals surface area (Å²) in [7, 11) is 0. The number of amides is 1. The molecule has 4 heterocycles. The summed E-state index contributed by atoms with van der Waals surface area (Å²) in [6, 6.07) is 0.365. The first-order valence-electron chi connectivity index (χ1n) is 12.9. The van der Waals surface area contributed by atoms with Crippen molar-refractivity contribution in [1.82, 2.24) is 19.9 Å². The summed E-state index contributed by atoms with van der Waals surface area (Å²) in [6.45, 7) is 2.59. The number of likely N-dealkylation sites (tertiary alicyclic amines) is 1. The van der Waals surface area contributed by atoms with E-state index in [1.807, 2.05) is 6.20 Å². The maximum Gasteiger partial charge on any atom is 0.300 e. The molecular formula is C25H34N6O2. The molecule has 2 aromatic rings. The Bertz CT molecular complexity index is 1010. The van der Waals surface area contributed by atoms with Crippen LogP contribution < -0.4 is 10.2 Å². The summed E-state index contributed by atoms with van der Waals surface area (Å²) in [6.07, 6.45) is 15.1. The number of hydrogen-bond acceptors (Lipinski definition) is 7. The van der Waals surface area contributed by atoms with Crippen LogP contribution in [0.3, 0.4) is 0 Å². The van der Waals surface area contributed by atoms with E-state index < -0.39 is 0 Å². The summed E-state index contributed by atoms with van der Waals surface area (Å²) < 4.78 is 6.08. The van der Waals surface area contributed by atoms with Gasteiger partial charge in [0.25, 0.3) is 0 Å². The highest BCUT2D eigenvalue weighted by atomic mass is 16.4. The Hall–Kier alpha value is -2.64. The SMILES string of the molecule is O=C([C@@H]1CCCN1c1nc2c(c(Nc3ncc(C4CCCC4)o3)n1)CCC2)N1CCCCC1. The molecule has 0 spiro atoms. The molecule has 0 bridgehead atoms. The maximum atomic E-state index is 13.3. The van der Waals surface area contributed by atoms with Crippen molar-refractivity contribution in [3.05, 3.63) is 23.2 Å². The minimum absolute atomic E-state index is 0.147. The second kappa shape index (κ2) is 8.95. The number of nitrogens with zero attached hydrogens (tertiary/aromatic N) is 5. The number of aryl methyl sites for hydroxylation is 1. The van der Waals surface area contributed by atoms with Crippen molar-refractivity contribution in [2.45, 2.75) is 89.0 Å². The zero-order valence-corrected chi connectivity index (χ0v) is 19.4. The first kappa shape index (κ1) is 20.9. The molecule has 0 aromatic carbocycles. The molecule has 1 saturated carbocycles. The number of piperidine rings is 1. The highest BCUT2D eigenvalue weighted by Gasteiger charge is 2.36. The molecule has 2 aromatic heterocycles. The van der Waals surface area contributed by atoms with Crippen LogP contribution in [0.1, 0.15) is 87.1 Å². The Morgan fingerprint density at radius 1 is 0.939 bits per heavy atom. The van der Waals surface area contributed by atoms with Crippen LogP contribution >= 0.6 is 0 Å². The molecule has 0 unspecified atom stereocenters. The summed E-state index contributed by atoms with van der Waals surface area (Å²) in [5.74, 6) is 3.19. The summed E-state index contributed by atoms with van der Waals surface area (Å²) in [5, 5.41) is 3.37. The van der Waals surface area contributed by atoms with E-state index >= 15 is 0 Å². The average Bonchev–Trinajstić information content (AvgIpc) is 3.65. The number of carbonyl (C=O) groups is 1. The van der Waals surface area contributed by atoms with Gasteiger partial charge in [-0.2, -0.15) is 4.98 Å². The number of aromatic nitrogens is 3. The highest BCUT2D eigenvalue weighted by molar-refractivity contribution is 5.85. The number of carbonyl (C=O) groups excluding carboxylic acids is 1. The van der Waals surface area contributed by atoms with Gasteiger partial charge in [0.1, 0.15) is 17.6 Å². The smallest absolute Gasteiger partial charge is 0.300 e. The molecule has 2 aliphatic heterocycles. The third-order valence-corrected chi connectivity index (χ3v) is 7.89. The van der Waals surface area contributed by atoms with Gasteiger partial charge < -0.3 is 14.2 Å². The molecule has 176 valence electrons. The minimum Gasteiger partial charge on any atom is -0.428 e. The van der Waals surface area contributed by atoms with Gasteiger partial charge >= 0.3 is 6.01 Å². The van der Waals surface area contributed by atoms with Crippen LogP contribution in [-0.2, 0) is 17.6 Å². The number of fused-ring (bicyclic) bond motifs is 1. The minimum atomic E-state index is -0.147. The van der Waals surface area contributed by atoms with Gasteiger partial charge in [0.05, 0.1) is 11.9 Å². The largest absolute Gasteiger partial charge is 0.428 e. The van der Waals surface area contributed by atoms with Crippen molar-refractivity contribution in [1.29, 1.82) is 0 Å². The number of anilines is 3. The lowest BCUT2D eigenvalue weighted by atomic mass is 10.1. The van der Waals surface area contributed by atoms with Crippen LogP contribution in [-0.4, -0.2) is 51.4 Å². The van der Waals surface area contributed by atoms with Gasteiger partial charge in [-0.1, -0.05) is 12.8 Å². The lowest BCUT2D eigenvalue weighted by Crippen LogP contribution is -2.48. The summed E-state index contributed by atoms with van der Waals surface area (Å²) >= 11 is 0. The fourth-order valence-corrected chi connectivity index (χ4v) is 6.08. The fraction of sp³-hybridized carbons (Fsp3) is 0.680. The van der Waals surface area contributed by atoms with E-state index in [4.69, 9.17) is 14.4 Å². The molecule has 1 amide bonds. The molecule has 4 aliphatic rings. The van der Waals surface area contributed by atoms with Crippen molar-refractivity contribution in [3.8, 4) is 0 Å². The summed E-state index contributed by atoms with van der Waals surface area (Å²) in [5.41, 5.74) is 2.26. The molecule has 1 N–H and O–H groups in total. The zero-order valence-electron chi connectivity index (χ0n) is 19.4. The lowest BCUT2D eigenvalue weighted by molar-refractivity contribution is -0.133. The summed E-state index contributed by atoms with van der Waals surface area (Å²) in [4.78, 5) is 31.9. The Kier molecular flexibility index (Phi) is 5.68. The van der Waals surface area contributed by atoms with E-state index in [9.17, 15) is 4.79 Å². The van der Waals surface area contributed by atoms with Crippen molar-refractivity contribution >= 4 is 23.7 Å². The molecule has 1 atom stereocenters. The topological polar surface area (TPSA) is 87.4 Å². The Labute approximate surface area is 195 Å². The quantitative estimate of drug-likeness (QED) is 0.725. The number of nitrogens with one attached hydrogen (secondary N) is 1. The lowest BCUT2D eigenvalue weighted by Gasteiger charge is -2.32. The van der Waals surface area contributed by atoms with Crippen molar-refractivity contribution < 1.29 is 9.21 Å².